The molecule has 0 atom stereocenters. The second kappa shape index (κ2) is 12.6. The van der Waals surface area contributed by atoms with E-state index >= 15 is 0 Å². The first-order valence-corrected chi connectivity index (χ1v) is 12.7. The third kappa shape index (κ3) is 9.19. The number of hydrogen-bond donors (Lipinski definition) is 2. The van der Waals surface area contributed by atoms with E-state index in [9.17, 15) is 31.5 Å². The second-order valence-corrected chi connectivity index (χ2v) is 9.65. The number of aryl methyl sites for hydroxylation is 2. The van der Waals surface area contributed by atoms with E-state index in [0.29, 0.717) is 32.9 Å². The maximum atomic E-state index is 14.0. The first kappa shape index (κ1) is 29.8. The molecule has 3 aromatic rings. The third-order valence-corrected chi connectivity index (χ3v) is 5.97. The van der Waals surface area contributed by atoms with Crippen molar-refractivity contribution < 1.29 is 36.3 Å². The van der Waals surface area contributed by atoms with Crippen LogP contribution in [0.25, 0.3) is 0 Å². The van der Waals surface area contributed by atoms with E-state index in [1.807, 2.05) is 0 Å². The number of halogens is 5. The minimum atomic E-state index is -3.44. The molecule has 3 heterocycles. The SMILES string of the molecule is CC(F)(F)Oc1ccc(F)c(CNC(=O)c2cn(CCCCn3cc(NC(=O)CN4CCC(F)(F)C4)nn3)nn2)c1. The highest BCUT2D eigenvalue weighted by atomic mass is 19.3. The molecule has 1 saturated heterocycles. The van der Waals surface area contributed by atoms with E-state index in [1.165, 1.54) is 26.7 Å². The van der Waals surface area contributed by atoms with Gasteiger partial charge < -0.3 is 15.4 Å². The summed E-state index contributed by atoms with van der Waals surface area (Å²) in [5.74, 6) is -4.57. The van der Waals surface area contributed by atoms with Gasteiger partial charge in [-0.3, -0.25) is 23.9 Å². The minimum Gasteiger partial charge on any atom is -0.433 e. The molecule has 2 amide bonds. The van der Waals surface area contributed by atoms with Gasteiger partial charge >= 0.3 is 6.11 Å². The zero-order valence-corrected chi connectivity index (χ0v) is 22.0. The highest BCUT2D eigenvalue weighted by Crippen LogP contribution is 2.26. The molecule has 0 unspecified atom stereocenters. The molecule has 4 rings (SSSR count). The molecule has 2 N–H and O–H groups in total. The van der Waals surface area contributed by atoms with Crippen LogP contribution in [0.3, 0.4) is 0 Å². The van der Waals surface area contributed by atoms with Crippen LogP contribution in [0.4, 0.5) is 27.8 Å². The fourth-order valence-corrected chi connectivity index (χ4v) is 4.07. The number of anilines is 1. The lowest BCUT2D eigenvalue weighted by Crippen LogP contribution is -2.33. The zero-order chi connectivity index (χ0) is 29.6. The predicted molar refractivity (Wildman–Crippen MR) is 133 cm³/mol. The summed E-state index contributed by atoms with van der Waals surface area (Å²) >= 11 is 0. The summed E-state index contributed by atoms with van der Waals surface area (Å²) in [5, 5.41) is 20.5. The number of hydrogen-bond acceptors (Lipinski definition) is 8. The predicted octanol–water partition coefficient (Wildman–Crippen LogP) is 2.69. The van der Waals surface area contributed by atoms with Gasteiger partial charge in [-0.1, -0.05) is 10.4 Å². The number of amides is 2. The van der Waals surface area contributed by atoms with Gasteiger partial charge in [0.15, 0.2) is 11.5 Å². The van der Waals surface area contributed by atoms with Gasteiger partial charge in [0.2, 0.25) is 5.91 Å². The Hall–Kier alpha value is -4.15. The molecule has 1 aliphatic rings. The van der Waals surface area contributed by atoms with Gasteiger partial charge in [-0.05, 0) is 31.0 Å². The van der Waals surface area contributed by atoms with Gasteiger partial charge in [0.1, 0.15) is 11.6 Å². The molecule has 0 saturated carbocycles. The number of rotatable bonds is 13. The lowest BCUT2D eigenvalue weighted by atomic mass is 10.2. The lowest BCUT2D eigenvalue weighted by Gasteiger charge is -2.14. The van der Waals surface area contributed by atoms with E-state index in [4.69, 9.17) is 0 Å². The number of unbranched alkanes of at least 4 members (excludes halogenated alkanes) is 1. The standard InChI is InChI=1S/C24H28F5N9O3/c1-23(26,27)41-17-4-5-18(25)16(10-17)11-30-22(40)19-12-37(34-32-19)7-2-3-8-38-13-20(33-35-38)31-21(39)14-36-9-6-24(28,29)15-36/h4-5,10,12-13H,2-3,6-9,11,14-15H2,1H3,(H,30,40)(H,31,39). The summed E-state index contributed by atoms with van der Waals surface area (Å²) in [6, 6.07) is 3.11. The normalized spacial score (nSPS) is 15.2. The Morgan fingerprint density at radius 3 is 2.49 bits per heavy atom. The molecule has 12 nitrogen and oxygen atoms in total. The van der Waals surface area contributed by atoms with E-state index in [1.54, 1.807) is 0 Å². The number of benzene rings is 1. The molecular weight excluding hydrogens is 557 g/mol. The molecule has 1 fully saturated rings. The molecule has 0 bridgehead atoms. The smallest absolute Gasteiger partial charge is 0.394 e. The number of nitrogens with zero attached hydrogens (tertiary/aromatic N) is 7. The van der Waals surface area contributed by atoms with Gasteiger partial charge in [-0.2, -0.15) is 8.78 Å². The van der Waals surface area contributed by atoms with Gasteiger partial charge in [0, 0.05) is 45.1 Å². The summed E-state index contributed by atoms with van der Waals surface area (Å²) in [6.45, 7) is 0.735. The van der Waals surface area contributed by atoms with Crippen molar-refractivity contribution in [1.82, 2.24) is 40.2 Å². The van der Waals surface area contributed by atoms with Crippen molar-refractivity contribution in [3.8, 4) is 5.75 Å². The van der Waals surface area contributed by atoms with E-state index in [-0.39, 0.29) is 48.9 Å². The lowest BCUT2D eigenvalue weighted by molar-refractivity contribution is -0.159. The maximum Gasteiger partial charge on any atom is 0.394 e. The van der Waals surface area contributed by atoms with Crippen molar-refractivity contribution in [3.05, 3.63) is 47.7 Å². The largest absolute Gasteiger partial charge is 0.433 e. The Morgan fingerprint density at radius 2 is 1.80 bits per heavy atom. The van der Waals surface area contributed by atoms with Crippen molar-refractivity contribution in [3.63, 3.8) is 0 Å². The van der Waals surface area contributed by atoms with Crippen LogP contribution >= 0.6 is 0 Å². The average molecular weight is 586 g/mol. The molecule has 1 aromatic carbocycles. The highest BCUT2D eigenvalue weighted by molar-refractivity contribution is 5.92. The van der Waals surface area contributed by atoms with Crippen molar-refractivity contribution in [1.29, 1.82) is 0 Å². The minimum absolute atomic E-state index is 0.00721. The number of likely N-dealkylation sites (tertiary alicyclic amines) is 1. The van der Waals surface area contributed by atoms with Gasteiger partial charge in [-0.15, -0.1) is 10.2 Å². The van der Waals surface area contributed by atoms with Crippen LogP contribution in [0.5, 0.6) is 5.75 Å². The summed E-state index contributed by atoms with van der Waals surface area (Å²) in [7, 11) is 0. The number of carbonyl (C=O) groups excluding carboxylic acids is 2. The molecule has 41 heavy (non-hydrogen) atoms. The summed E-state index contributed by atoms with van der Waals surface area (Å²) in [5.41, 5.74) is -0.0493. The van der Waals surface area contributed by atoms with E-state index < -0.39 is 36.2 Å². The van der Waals surface area contributed by atoms with Crippen molar-refractivity contribution in [2.24, 2.45) is 0 Å². The van der Waals surface area contributed by atoms with Crippen LogP contribution in [-0.4, -0.2) is 78.4 Å². The molecule has 0 radical (unpaired) electrons. The topological polar surface area (TPSA) is 132 Å². The number of nitrogens with one attached hydrogen (secondary N) is 2. The highest BCUT2D eigenvalue weighted by Gasteiger charge is 2.38. The summed E-state index contributed by atoms with van der Waals surface area (Å²) in [4.78, 5) is 25.8. The number of alkyl halides is 4. The Bertz CT molecular complexity index is 1360. The fraction of sp³-hybridized carbons (Fsp3) is 0.500. The molecule has 2 aromatic heterocycles. The molecule has 1 aliphatic heterocycles. The Kier molecular flexibility index (Phi) is 9.14. The van der Waals surface area contributed by atoms with Crippen LogP contribution in [0.2, 0.25) is 0 Å². The quantitative estimate of drug-likeness (QED) is 0.231. The summed E-state index contributed by atoms with van der Waals surface area (Å²) in [6.07, 6.45) is 0.532. The molecule has 222 valence electrons. The zero-order valence-electron chi connectivity index (χ0n) is 22.0. The first-order valence-electron chi connectivity index (χ1n) is 12.7. The molecule has 0 spiro atoms. The Balaban J connectivity index is 1.16. The average Bonchev–Trinajstić information content (AvgIpc) is 3.61. The maximum absolute atomic E-state index is 14.0. The van der Waals surface area contributed by atoms with Crippen molar-refractivity contribution in [2.75, 3.05) is 25.0 Å². The fourth-order valence-electron chi connectivity index (χ4n) is 4.07. The van der Waals surface area contributed by atoms with Gasteiger partial charge in [0.25, 0.3) is 11.8 Å². The monoisotopic (exact) mass is 585 g/mol. The van der Waals surface area contributed by atoms with Crippen LogP contribution in [0.15, 0.2) is 30.6 Å². The van der Waals surface area contributed by atoms with Crippen LogP contribution in [-0.2, 0) is 24.4 Å². The van der Waals surface area contributed by atoms with Gasteiger partial charge in [0.05, 0.1) is 25.5 Å². The number of aromatic nitrogens is 6. The molecule has 17 heteroatoms. The molecule has 0 aliphatic carbocycles. The van der Waals surface area contributed by atoms with Crippen LogP contribution in [0.1, 0.15) is 42.2 Å². The molecular formula is C24H28F5N9O3. The Morgan fingerprint density at radius 1 is 1.10 bits per heavy atom. The first-order chi connectivity index (χ1) is 19.3. The Labute approximate surface area is 230 Å². The van der Waals surface area contributed by atoms with E-state index in [0.717, 1.165) is 18.2 Å². The second-order valence-electron chi connectivity index (χ2n) is 9.65. The van der Waals surface area contributed by atoms with Crippen LogP contribution in [0, 0.1) is 5.82 Å². The third-order valence-electron chi connectivity index (χ3n) is 5.97. The van der Waals surface area contributed by atoms with E-state index in [2.05, 4.69) is 36.0 Å². The summed E-state index contributed by atoms with van der Waals surface area (Å²) < 4.78 is 74.1. The van der Waals surface area contributed by atoms with Crippen LogP contribution < -0.4 is 15.4 Å². The van der Waals surface area contributed by atoms with Crippen molar-refractivity contribution >= 4 is 17.6 Å². The van der Waals surface area contributed by atoms with Gasteiger partial charge in [-0.25, -0.2) is 13.2 Å². The number of ether oxygens (including phenoxy) is 1. The van der Waals surface area contributed by atoms with Crippen molar-refractivity contribution in [2.45, 2.75) is 57.9 Å². The number of carbonyl (C=O) groups is 2.